The number of rotatable bonds is 2. The van der Waals surface area contributed by atoms with E-state index in [-0.39, 0.29) is 12.4 Å². The number of hydrogen-bond donors (Lipinski definition) is 0. The van der Waals surface area contributed by atoms with Crippen LogP contribution in [0.1, 0.15) is 11.4 Å². The summed E-state index contributed by atoms with van der Waals surface area (Å²) in [6.45, 7) is 2.86. The summed E-state index contributed by atoms with van der Waals surface area (Å²) in [5, 5.41) is 0.769. The van der Waals surface area contributed by atoms with E-state index in [1.165, 1.54) is 11.1 Å². The molecule has 0 spiro atoms. The molecule has 0 bridgehead atoms. The Morgan fingerprint density at radius 3 is 2.47 bits per heavy atom. The lowest BCUT2D eigenvalue weighted by molar-refractivity contribution is 0.786. The van der Waals surface area contributed by atoms with Gasteiger partial charge in [-0.3, -0.25) is 0 Å². The third kappa shape index (κ3) is 2.75. The van der Waals surface area contributed by atoms with E-state index in [4.69, 9.17) is 11.6 Å². The van der Waals surface area contributed by atoms with E-state index >= 15 is 0 Å². The van der Waals surface area contributed by atoms with Crippen LogP contribution < -0.4 is 0 Å². The van der Waals surface area contributed by atoms with Crippen LogP contribution in [0.25, 0.3) is 11.0 Å². The van der Waals surface area contributed by atoms with Crippen LogP contribution in [0.2, 0.25) is 5.02 Å². The zero-order valence-corrected chi connectivity index (χ0v) is 12.1. The van der Waals surface area contributed by atoms with E-state index in [0.717, 1.165) is 22.9 Å². The van der Waals surface area contributed by atoms with Crippen LogP contribution in [0.3, 0.4) is 0 Å². The molecular weight excluding hydrogens is 279 g/mol. The van der Waals surface area contributed by atoms with E-state index in [9.17, 15) is 0 Å². The minimum absolute atomic E-state index is 0. The van der Waals surface area contributed by atoms with Crippen molar-refractivity contribution in [2.45, 2.75) is 13.5 Å². The number of hydrogen-bond acceptors (Lipinski definition) is 1. The van der Waals surface area contributed by atoms with Crippen molar-refractivity contribution >= 4 is 35.0 Å². The fourth-order valence-electron chi connectivity index (χ4n) is 2.17. The minimum atomic E-state index is 0. The Labute approximate surface area is 123 Å². The van der Waals surface area contributed by atoms with E-state index in [2.05, 4.69) is 27.8 Å². The molecule has 0 aliphatic heterocycles. The lowest BCUT2D eigenvalue weighted by Gasteiger charge is -2.07. The molecule has 3 rings (SSSR count). The molecule has 0 saturated carbocycles. The van der Waals surface area contributed by atoms with Crippen LogP contribution in [0.5, 0.6) is 0 Å². The first-order chi connectivity index (χ1) is 8.74. The predicted octanol–water partition coefficient (Wildman–Crippen LogP) is 4.47. The molecule has 2 nitrogen and oxygen atoms in total. The predicted molar refractivity (Wildman–Crippen MR) is 82.3 cm³/mol. The van der Waals surface area contributed by atoms with Crippen molar-refractivity contribution in [2.24, 2.45) is 0 Å². The van der Waals surface area contributed by atoms with Crippen LogP contribution in [0, 0.1) is 6.92 Å². The van der Waals surface area contributed by atoms with Crippen LogP contribution in [-0.4, -0.2) is 9.55 Å². The van der Waals surface area contributed by atoms with E-state index in [1.807, 2.05) is 37.3 Å². The Balaban J connectivity index is 0.00000133. The fourth-order valence-corrected chi connectivity index (χ4v) is 2.29. The van der Waals surface area contributed by atoms with Gasteiger partial charge in [0.25, 0.3) is 0 Å². The molecule has 0 amide bonds. The maximum atomic E-state index is 5.90. The minimum Gasteiger partial charge on any atom is -0.324 e. The molecule has 4 heteroatoms. The molecule has 0 aliphatic carbocycles. The number of aromatic nitrogens is 2. The van der Waals surface area contributed by atoms with Gasteiger partial charge in [-0.2, -0.15) is 0 Å². The van der Waals surface area contributed by atoms with Gasteiger partial charge in [0, 0.05) is 11.6 Å². The molecule has 0 radical (unpaired) electrons. The molecule has 0 unspecified atom stereocenters. The van der Waals surface area contributed by atoms with Crippen molar-refractivity contribution in [1.82, 2.24) is 9.55 Å². The van der Waals surface area contributed by atoms with Gasteiger partial charge in [0.05, 0.1) is 11.0 Å². The lowest BCUT2D eigenvalue weighted by Crippen LogP contribution is -2.01. The third-order valence-electron chi connectivity index (χ3n) is 3.10. The summed E-state index contributed by atoms with van der Waals surface area (Å²) in [4.78, 5) is 4.56. The molecule has 2 aromatic carbocycles. The second-order valence-corrected chi connectivity index (χ2v) is 4.80. The average Bonchev–Trinajstić information content (AvgIpc) is 2.69. The number of nitrogens with zero attached hydrogens (tertiary/aromatic N) is 2. The highest BCUT2D eigenvalue weighted by Gasteiger charge is 2.06. The summed E-state index contributed by atoms with van der Waals surface area (Å²) < 4.78 is 2.22. The van der Waals surface area contributed by atoms with Gasteiger partial charge in [-0.05, 0) is 36.8 Å². The summed E-state index contributed by atoms with van der Waals surface area (Å²) in [5.41, 5.74) is 3.44. The Hall–Kier alpha value is -1.51. The average molecular weight is 293 g/mol. The van der Waals surface area contributed by atoms with Crippen molar-refractivity contribution in [3.05, 3.63) is 64.9 Å². The van der Waals surface area contributed by atoms with Crippen molar-refractivity contribution in [3.8, 4) is 0 Å². The van der Waals surface area contributed by atoms with Gasteiger partial charge in [0.2, 0.25) is 0 Å². The van der Waals surface area contributed by atoms with E-state index < -0.39 is 0 Å². The molecule has 19 heavy (non-hydrogen) atoms. The standard InChI is InChI=1S/C15H13ClN2.ClH/c1-11-17-14-4-2-3-5-15(14)18(11)10-12-6-8-13(16)9-7-12;/h2-9H,10H2,1H3;1H. The van der Waals surface area contributed by atoms with Crippen molar-refractivity contribution < 1.29 is 0 Å². The molecule has 98 valence electrons. The molecule has 0 fully saturated rings. The Kier molecular flexibility index (Phi) is 4.13. The molecule has 0 aliphatic rings. The third-order valence-corrected chi connectivity index (χ3v) is 3.35. The Morgan fingerprint density at radius 2 is 1.74 bits per heavy atom. The largest absolute Gasteiger partial charge is 0.324 e. The van der Waals surface area contributed by atoms with Gasteiger partial charge in [-0.1, -0.05) is 35.9 Å². The maximum Gasteiger partial charge on any atom is 0.107 e. The number of imidazole rings is 1. The summed E-state index contributed by atoms with van der Waals surface area (Å²) in [5.74, 6) is 1.03. The quantitative estimate of drug-likeness (QED) is 0.681. The number of aryl methyl sites for hydroxylation is 1. The van der Waals surface area contributed by atoms with Gasteiger partial charge >= 0.3 is 0 Å². The van der Waals surface area contributed by atoms with E-state index in [1.54, 1.807) is 0 Å². The highest BCUT2D eigenvalue weighted by molar-refractivity contribution is 6.30. The summed E-state index contributed by atoms with van der Waals surface area (Å²) in [6, 6.07) is 16.2. The normalized spacial score (nSPS) is 10.4. The number of para-hydroxylation sites is 2. The first-order valence-corrected chi connectivity index (χ1v) is 6.28. The molecule has 0 saturated heterocycles. The molecule has 0 atom stereocenters. The molecule has 1 aromatic heterocycles. The van der Waals surface area contributed by atoms with Gasteiger partial charge in [-0.25, -0.2) is 4.98 Å². The second kappa shape index (κ2) is 5.64. The van der Waals surface area contributed by atoms with E-state index in [0.29, 0.717) is 0 Å². The highest BCUT2D eigenvalue weighted by Crippen LogP contribution is 2.18. The monoisotopic (exact) mass is 292 g/mol. The summed E-state index contributed by atoms with van der Waals surface area (Å²) in [7, 11) is 0. The summed E-state index contributed by atoms with van der Waals surface area (Å²) >= 11 is 5.90. The molecule has 1 heterocycles. The van der Waals surface area contributed by atoms with Gasteiger partial charge in [0.15, 0.2) is 0 Å². The first-order valence-electron chi connectivity index (χ1n) is 5.90. The van der Waals surface area contributed by atoms with Crippen molar-refractivity contribution in [2.75, 3.05) is 0 Å². The Morgan fingerprint density at radius 1 is 1.05 bits per heavy atom. The van der Waals surface area contributed by atoms with Gasteiger partial charge in [0.1, 0.15) is 5.82 Å². The van der Waals surface area contributed by atoms with Crippen LogP contribution in [-0.2, 0) is 6.54 Å². The SMILES string of the molecule is Cc1nc2ccccc2n1Cc1ccc(Cl)cc1.Cl. The number of fused-ring (bicyclic) bond motifs is 1. The van der Waals surface area contributed by atoms with Crippen LogP contribution in [0.4, 0.5) is 0 Å². The van der Waals surface area contributed by atoms with Crippen LogP contribution >= 0.6 is 24.0 Å². The first kappa shape index (κ1) is 13.9. The zero-order chi connectivity index (χ0) is 12.5. The molecule has 0 N–H and O–H groups in total. The highest BCUT2D eigenvalue weighted by atomic mass is 35.5. The number of benzene rings is 2. The van der Waals surface area contributed by atoms with Crippen molar-refractivity contribution in [3.63, 3.8) is 0 Å². The zero-order valence-electron chi connectivity index (χ0n) is 10.5. The second-order valence-electron chi connectivity index (χ2n) is 4.36. The molecular formula is C15H14Cl2N2. The van der Waals surface area contributed by atoms with Crippen molar-refractivity contribution in [1.29, 1.82) is 0 Å². The van der Waals surface area contributed by atoms with Gasteiger partial charge in [-0.15, -0.1) is 12.4 Å². The Bertz CT molecular complexity index is 687. The number of halogens is 2. The smallest absolute Gasteiger partial charge is 0.107 e. The molecule has 3 aromatic rings. The lowest BCUT2D eigenvalue weighted by atomic mass is 10.2. The van der Waals surface area contributed by atoms with Gasteiger partial charge < -0.3 is 4.57 Å². The fraction of sp³-hybridized carbons (Fsp3) is 0.133. The summed E-state index contributed by atoms with van der Waals surface area (Å²) in [6.07, 6.45) is 0. The van der Waals surface area contributed by atoms with Crippen LogP contribution in [0.15, 0.2) is 48.5 Å². The topological polar surface area (TPSA) is 17.8 Å². The maximum absolute atomic E-state index is 5.90.